The molecule has 2 unspecified atom stereocenters. The van der Waals surface area contributed by atoms with E-state index < -0.39 is 6.10 Å². The summed E-state index contributed by atoms with van der Waals surface area (Å²) in [4.78, 5) is 0. The molecule has 5 heteroatoms. The molecule has 134 valence electrons. The van der Waals surface area contributed by atoms with Crippen LogP contribution in [0.1, 0.15) is 33.6 Å². The van der Waals surface area contributed by atoms with Gasteiger partial charge in [-0.25, -0.2) is 0 Å². The van der Waals surface area contributed by atoms with Gasteiger partial charge in [-0.15, -0.1) is 0 Å². The lowest BCUT2D eigenvalue weighted by atomic mass is 10.3. The van der Waals surface area contributed by atoms with Crippen LogP contribution in [0.15, 0.2) is 30.3 Å². The normalized spacial score (nSPS) is 12.9. The van der Waals surface area contributed by atoms with Gasteiger partial charge in [0.2, 0.25) is 0 Å². The first-order valence-corrected chi connectivity index (χ1v) is 8.26. The Labute approximate surface area is 140 Å². The van der Waals surface area contributed by atoms with Gasteiger partial charge in [-0.3, -0.25) is 0 Å². The Balaban J connectivity index is 0.000000468. The van der Waals surface area contributed by atoms with Crippen molar-refractivity contribution in [2.75, 3.05) is 33.0 Å². The molecule has 0 aliphatic heterocycles. The minimum Gasteiger partial charge on any atom is -0.491 e. The second-order valence-electron chi connectivity index (χ2n) is 5.30. The van der Waals surface area contributed by atoms with Crippen molar-refractivity contribution in [3.63, 3.8) is 0 Å². The fourth-order valence-corrected chi connectivity index (χ4v) is 1.44. The summed E-state index contributed by atoms with van der Waals surface area (Å²) in [7, 11) is 0. The lowest BCUT2D eigenvalue weighted by Crippen LogP contribution is -2.19. The predicted octanol–water partition coefficient (Wildman–Crippen LogP) is 2.65. The molecule has 0 saturated carbocycles. The average Bonchev–Trinajstić information content (AvgIpc) is 2.57. The van der Waals surface area contributed by atoms with Crippen LogP contribution in [0, 0.1) is 0 Å². The first-order chi connectivity index (χ1) is 11.1. The van der Waals surface area contributed by atoms with Crippen molar-refractivity contribution >= 4 is 0 Å². The topological polar surface area (TPSA) is 68.2 Å². The largest absolute Gasteiger partial charge is 0.491 e. The third-order valence-corrected chi connectivity index (χ3v) is 2.76. The number of benzene rings is 1. The Bertz CT molecular complexity index is 343. The van der Waals surface area contributed by atoms with E-state index in [2.05, 4.69) is 6.92 Å². The highest BCUT2D eigenvalue weighted by molar-refractivity contribution is 5.20. The predicted molar refractivity (Wildman–Crippen MR) is 91.8 cm³/mol. The third kappa shape index (κ3) is 15.5. The van der Waals surface area contributed by atoms with E-state index in [1.807, 2.05) is 30.3 Å². The van der Waals surface area contributed by atoms with Crippen molar-refractivity contribution in [2.24, 2.45) is 0 Å². The molecule has 0 spiro atoms. The van der Waals surface area contributed by atoms with Gasteiger partial charge in [0.05, 0.1) is 32.0 Å². The molecule has 0 aliphatic carbocycles. The van der Waals surface area contributed by atoms with E-state index in [-0.39, 0.29) is 12.7 Å². The van der Waals surface area contributed by atoms with E-state index in [9.17, 15) is 0 Å². The molecule has 2 atom stereocenters. The highest BCUT2D eigenvalue weighted by atomic mass is 16.5. The van der Waals surface area contributed by atoms with Crippen molar-refractivity contribution in [2.45, 2.75) is 45.8 Å². The SMILES string of the molecule is CC(O)COC(C)CO.CCCCOCCOc1ccccc1. The van der Waals surface area contributed by atoms with Gasteiger partial charge in [0.15, 0.2) is 0 Å². The van der Waals surface area contributed by atoms with Crippen molar-refractivity contribution in [1.82, 2.24) is 0 Å². The van der Waals surface area contributed by atoms with Gasteiger partial charge in [0.1, 0.15) is 12.4 Å². The van der Waals surface area contributed by atoms with Gasteiger partial charge in [0.25, 0.3) is 0 Å². The molecule has 0 heterocycles. The smallest absolute Gasteiger partial charge is 0.119 e. The van der Waals surface area contributed by atoms with Gasteiger partial charge in [-0.05, 0) is 32.4 Å². The van der Waals surface area contributed by atoms with Crippen LogP contribution in [0.2, 0.25) is 0 Å². The second kappa shape index (κ2) is 15.7. The zero-order valence-corrected chi connectivity index (χ0v) is 14.6. The number of ether oxygens (including phenoxy) is 3. The Kier molecular flexibility index (Phi) is 15.0. The maximum absolute atomic E-state index is 8.69. The number of aliphatic hydroxyl groups excluding tert-OH is 2. The first kappa shape index (κ1) is 21.9. The van der Waals surface area contributed by atoms with Crippen LogP contribution in [-0.4, -0.2) is 55.5 Å². The Morgan fingerprint density at radius 3 is 2.30 bits per heavy atom. The Morgan fingerprint density at radius 1 is 1.04 bits per heavy atom. The molecule has 1 rings (SSSR count). The molecule has 1 aromatic rings. The summed E-state index contributed by atoms with van der Waals surface area (Å²) in [5.41, 5.74) is 0. The molecule has 2 N–H and O–H groups in total. The number of aliphatic hydroxyl groups is 2. The number of hydrogen-bond acceptors (Lipinski definition) is 5. The summed E-state index contributed by atoms with van der Waals surface area (Å²) >= 11 is 0. The van der Waals surface area contributed by atoms with Crippen molar-refractivity contribution in [3.05, 3.63) is 30.3 Å². The summed E-state index contributed by atoms with van der Waals surface area (Å²) in [5.74, 6) is 0.909. The zero-order chi connectivity index (χ0) is 17.3. The lowest BCUT2D eigenvalue weighted by molar-refractivity contribution is -0.0177. The second-order valence-corrected chi connectivity index (χ2v) is 5.30. The average molecular weight is 328 g/mol. The molecule has 0 bridgehead atoms. The number of rotatable bonds is 11. The quantitative estimate of drug-likeness (QED) is 0.611. The molecule has 0 aliphatic rings. The van der Waals surface area contributed by atoms with Crippen LogP contribution < -0.4 is 4.74 Å². The third-order valence-electron chi connectivity index (χ3n) is 2.76. The molecule has 1 aromatic carbocycles. The van der Waals surface area contributed by atoms with Crippen molar-refractivity contribution in [3.8, 4) is 5.75 Å². The van der Waals surface area contributed by atoms with E-state index in [1.165, 1.54) is 6.42 Å². The first-order valence-electron chi connectivity index (χ1n) is 8.26. The molecule has 0 radical (unpaired) electrons. The van der Waals surface area contributed by atoms with E-state index >= 15 is 0 Å². The van der Waals surface area contributed by atoms with Crippen molar-refractivity contribution in [1.29, 1.82) is 0 Å². The standard InChI is InChI=1S/C12H18O2.C6H14O3/c1-2-3-9-13-10-11-14-12-7-5-4-6-8-12;1-5(8)4-9-6(2)3-7/h4-8H,2-3,9-11H2,1H3;5-8H,3-4H2,1-2H3. The Morgan fingerprint density at radius 2 is 1.74 bits per heavy atom. The number of unbranched alkanes of at least 4 members (excludes halogenated alkanes) is 1. The monoisotopic (exact) mass is 328 g/mol. The van der Waals surface area contributed by atoms with Gasteiger partial charge >= 0.3 is 0 Å². The fourth-order valence-electron chi connectivity index (χ4n) is 1.44. The lowest BCUT2D eigenvalue weighted by Gasteiger charge is -2.10. The van der Waals surface area contributed by atoms with E-state index in [0.29, 0.717) is 19.8 Å². The minimum atomic E-state index is -0.445. The fraction of sp³-hybridized carbons (Fsp3) is 0.667. The molecule has 0 amide bonds. The molecule has 5 nitrogen and oxygen atoms in total. The number of hydrogen-bond donors (Lipinski definition) is 2. The van der Waals surface area contributed by atoms with Gasteiger partial charge in [-0.1, -0.05) is 31.5 Å². The van der Waals surface area contributed by atoms with Crippen LogP contribution >= 0.6 is 0 Å². The van der Waals surface area contributed by atoms with Crippen LogP contribution in [0.3, 0.4) is 0 Å². The maximum Gasteiger partial charge on any atom is 0.119 e. The summed E-state index contributed by atoms with van der Waals surface area (Å²) < 4.78 is 15.8. The molecule has 0 fully saturated rings. The maximum atomic E-state index is 8.69. The summed E-state index contributed by atoms with van der Waals surface area (Å²) in [5, 5.41) is 17.1. The molecule has 23 heavy (non-hydrogen) atoms. The van der Waals surface area contributed by atoms with Gasteiger partial charge in [-0.2, -0.15) is 0 Å². The molecule has 0 aromatic heterocycles. The van der Waals surface area contributed by atoms with Crippen LogP contribution in [0.25, 0.3) is 0 Å². The summed E-state index contributed by atoms with van der Waals surface area (Å²) in [6.07, 6.45) is 1.70. The molecule has 0 saturated heterocycles. The molecular formula is C18H32O5. The summed E-state index contributed by atoms with van der Waals surface area (Å²) in [6.45, 7) is 8.00. The Hall–Kier alpha value is -1.14. The van der Waals surface area contributed by atoms with Crippen molar-refractivity contribution < 1.29 is 24.4 Å². The highest BCUT2D eigenvalue weighted by Gasteiger charge is 2.00. The van der Waals surface area contributed by atoms with E-state index in [0.717, 1.165) is 18.8 Å². The number of para-hydroxylation sites is 1. The van der Waals surface area contributed by atoms with E-state index in [4.69, 9.17) is 24.4 Å². The summed E-state index contributed by atoms with van der Waals surface area (Å²) in [6, 6.07) is 9.81. The van der Waals surface area contributed by atoms with Gasteiger partial charge < -0.3 is 24.4 Å². The molecular weight excluding hydrogens is 296 g/mol. The van der Waals surface area contributed by atoms with Gasteiger partial charge in [0, 0.05) is 6.61 Å². The van der Waals surface area contributed by atoms with Crippen LogP contribution in [-0.2, 0) is 9.47 Å². The van der Waals surface area contributed by atoms with Crippen LogP contribution in [0.4, 0.5) is 0 Å². The van der Waals surface area contributed by atoms with E-state index in [1.54, 1.807) is 13.8 Å². The highest BCUT2D eigenvalue weighted by Crippen LogP contribution is 2.07. The minimum absolute atomic E-state index is 0.00667. The zero-order valence-electron chi connectivity index (χ0n) is 14.6. The van der Waals surface area contributed by atoms with Crippen LogP contribution in [0.5, 0.6) is 5.75 Å².